The van der Waals surface area contributed by atoms with Crippen LogP contribution in [-0.2, 0) is 0 Å². The van der Waals surface area contributed by atoms with Crippen LogP contribution in [0.3, 0.4) is 0 Å². The highest BCUT2D eigenvalue weighted by Gasteiger charge is 2.18. The molecule has 18 heavy (non-hydrogen) atoms. The van der Waals surface area contributed by atoms with E-state index in [0.29, 0.717) is 5.56 Å². The molecule has 0 atom stereocenters. The molecular weight excluding hydrogens is 235 g/mol. The third kappa shape index (κ3) is 2.27. The summed E-state index contributed by atoms with van der Waals surface area (Å²) in [5.41, 5.74) is -0.0236. The first kappa shape index (κ1) is 12.0. The van der Waals surface area contributed by atoms with E-state index in [1.54, 1.807) is 30.3 Å². The van der Waals surface area contributed by atoms with Gasteiger partial charge in [0.15, 0.2) is 5.78 Å². The fraction of sp³-hybridized carbons (Fsp3) is 0. The Balaban J connectivity index is 2.54. The van der Waals surface area contributed by atoms with Gasteiger partial charge in [-0.2, -0.15) is 0 Å². The minimum atomic E-state index is -1.26. The van der Waals surface area contributed by atoms with Crippen LogP contribution >= 0.6 is 0 Å². The summed E-state index contributed by atoms with van der Waals surface area (Å²) < 4.78 is 13.1. The molecule has 0 aromatic heterocycles. The van der Waals surface area contributed by atoms with E-state index in [2.05, 4.69) is 0 Å². The lowest BCUT2D eigenvalue weighted by Gasteiger charge is -2.05. The molecule has 0 heterocycles. The Kier molecular flexibility index (Phi) is 3.19. The third-order valence-corrected chi connectivity index (χ3v) is 2.49. The number of carboxylic acids is 1. The Labute approximate surface area is 103 Å². The smallest absolute Gasteiger partial charge is 0.336 e. The van der Waals surface area contributed by atoms with Gasteiger partial charge in [-0.25, -0.2) is 9.18 Å². The third-order valence-electron chi connectivity index (χ3n) is 2.49. The lowest BCUT2D eigenvalue weighted by molar-refractivity contribution is 0.0692. The topological polar surface area (TPSA) is 54.4 Å². The van der Waals surface area contributed by atoms with Crippen molar-refractivity contribution in [1.29, 1.82) is 0 Å². The van der Waals surface area contributed by atoms with Crippen LogP contribution in [0.5, 0.6) is 0 Å². The SMILES string of the molecule is O=C(O)c1ccc(F)cc1C(=O)c1ccccc1. The summed E-state index contributed by atoms with van der Waals surface area (Å²) in [5.74, 6) is -2.40. The van der Waals surface area contributed by atoms with Crippen LogP contribution in [0.15, 0.2) is 48.5 Å². The summed E-state index contributed by atoms with van der Waals surface area (Å²) in [6.45, 7) is 0. The molecule has 0 saturated heterocycles. The minimum absolute atomic E-state index is 0.145. The molecule has 0 aliphatic heterocycles. The van der Waals surface area contributed by atoms with Crippen LogP contribution in [0.25, 0.3) is 0 Å². The molecule has 0 spiro atoms. The highest BCUT2D eigenvalue weighted by molar-refractivity contribution is 6.14. The number of hydrogen-bond acceptors (Lipinski definition) is 2. The predicted octanol–water partition coefficient (Wildman–Crippen LogP) is 2.75. The fourth-order valence-electron chi connectivity index (χ4n) is 1.64. The number of aromatic carboxylic acids is 1. The van der Waals surface area contributed by atoms with Crippen molar-refractivity contribution in [3.05, 3.63) is 71.0 Å². The molecule has 0 saturated carbocycles. The molecule has 0 radical (unpaired) electrons. The van der Waals surface area contributed by atoms with Gasteiger partial charge in [0.2, 0.25) is 0 Å². The van der Waals surface area contributed by atoms with Crippen LogP contribution in [0, 0.1) is 5.82 Å². The molecule has 0 fully saturated rings. The van der Waals surface area contributed by atoms with Gasteiger partial charge in [0.1, 0.15) is 5.82 Å². The Morgan fingerprint density at radius 2 is 1.61 bits per heavy atom. The molecule has 0 amide bonds. The van der Waals surface area contributed by atoms with Crippen molar-refractivity contribution < 1.29 is 19.1 Å². The Morgan fingerprint density at radius 1 is 0.944 bits per heavy atom. The maximum Gasteiger partial charge on any atom is 0.336 e. The molecular formula is C14H9FO3. The molecule has 2 rings (SSSR count). The highest BCUT2D eigenvalue weighted by atomic mass is 19.1. The standard InChI is InChI=1S/C14H9FO3/c15-10-6-7-11(14(17)18)12(8-10)13(16)9-4-2-1-3-5-9/h1-8H,(H,17,18). The number of rotatable bonds is 3. The van der Waals surface area contributed by atoms with Crippen LogP contribution < -0.4 is 0 Å². The lowest BCUT2D eigenvalue weighted by Crippen LogP contribution is -2.10. The van der Waals surface area contributed by atoms with E-state index in [4.69, 9.17) is 5.11 Å². The van der Waals surface area contributed by atoms with Gasteiger partial charge in [0, 0.05) is 11.1 Å². The van der Waals surface area contributed by atoms with Crippen LogP contribution in [0.1, 0.15) is 26.3 Å². The molecule has 4 heteroatoms. The van der Waals surface area contributed by atoms with Gasteiger partial charge in [-0.05, 0) is 18.2 Å². The van der Waals surface area contributed by atoms with Gasteiger partial charge in [0.05, 0.1) is 5.56 Å². The molecule has 2 aromatic rings. The summed E-state index contributed by atoms with van der Waals surface area (Å²) in [6, 6.07) is 11.2. The summed E-state index contributed by atoms with van der Waals surface area (Å²) in [4.78, 5) is 23.1. The summed E-state index contributed by atoms with van der Waals surface area (Å²) >= 11 is 0. The van der Waals surface area contributed by atoms with Crippen molar-refractivity contribution in [3.63, 3.8) is 0 Å². The number of benzene rings is 2. The predicted molar refractivity (Wildman–Crippen MR) is 63.2 cm³/mol. The Morgan fingerprint density at radius 3 is 2.22 bits per heavy atom. The largest absolute Gasteiger partial charge is 0.478 e. The average Bonchev–Trinajstić information content (AvgIpc) is 2.38. The second-order valence-electron chi connectivity index (χ2n) is 3.69. The zero-order valence-corrected chi connectivity index (χ0v) is 9.26. The molecule has 0 aliphatic rings. The van der Waals surface area contributed by atoms with E-state index in [-0.39, 0.29) is 11.1 Å². The monoisotopic (exact) mass is 244 g/mol. The normalized spacial score (nSPS) is 10.1. The Hall–Kier alpha value is -2.49. The fourth-order valence-corrected chi connectivity index (χ4v) is 1.64. The Bertz CT molecular complexity index is 606. The van der Waals surface area contributed by atoms with Crippen molar-refractivity contribution in [2.45, 2.75) is 0 Å². The van der Waals surface area contributed by atoms with Crippen LogP contribution in [0.2, 0.25) is 0 Å². The van der Waals surface area contributed by atoms with Crippen LogP contribution in [-0.4, -0.2) is 16.9 Å². The maximum absolute atomic E-state index is 13.1. The van der Waals surface area contributed by atoms with Crippen LogP contribution in [0.4, 0.5) is 4.39 Å². The van der Waals surface area contributed by atoms with E-state index in [1.807, 2.05) is 0 Å². The first-order valence-corrected chi connectivity index (χ1v) is 5.22. The summed E-state index contributed by atoms with van der Waals surface area (Å²) in [7, 11) is 0. The van der Waals surface area contributed by atoms with Gasteiger partial charge in [-0.1, -0.05) is 30.3 Å². The van der Waals surface area contributed by atoms with Gasteiger partial charge in [-0.15, -0.1) is 0 Å². The average molecular weight is 244 g/mol. The second kappa shape index (κ2) is 4.79. The van der Waals surface area contributed by atoms with Gasteiger partial charge in [0.25, 0.3) is 0 Å². The van der Waals surface area contributed by atoms with E-state index >= 15 is 0 Å². The number of carboxylic acid groups (broad SMARTS) is 1. The number of carbonyl (C=O) groups excluding carboxylic acids is 1. The first-order valence-electron chi connectivity index (χ1n) is 5.22. The maximum atomic E-state index is 13.1. The van der Waals surface area contributed by atoms with E-state index in [0.717, 1.165) is 18.2 Å². The van der Waals surface area contributed by atoms with E-state index < -0.39 is 17.6 Å². The first-order chi connectivity index (χ1) is 8.59. The van der Waals surface area contributed by atoms with Crippen molar-refractivity contribution in [2.24, 2.45) is 0 Å². The number of hydrogen-bond donors (Lipinski definition) is 1. The molecule has 1 N–H and O–H groups in total. The molecule has 90 valence electrons. The van der Waals surface area contributed by atoms with Gasteiger partial charge < -0.3 is 5.11 Å². The molecule has 0 unspecified atom stereocenters. The zero-order chi connectivity index (χ0) is 13.1. The highest BCUT2D eigenvalue weighted by Crippen LogP contribution is 2.16. The number of carbonyl (C=O) groups is 2. The quantitative estimate of drug-likeness (QED) is 0.844. The van der Waals surface area contributed by atoms with Gasteiger partial charge in [-0.3, -0.25) is 4.79 Å². The van der Waals surface area contributed by atoms with E-state index in [9.17, 15) is 14.0 Å². The van der Waals surface area contributed by atoms with Gasteiger partial charge >= 0.3 is 5.97 Å². The summed E-state index contributed by atoms with van der Waals surface area (Å²) in [6.07, 6.45) is 0. The lowest BCUT2D eigenvalue weighted by atomic mass is 9.98. The number of halogens is 1. The van der Waals surface area contributed by atoms with Crippen molar-refractivity contribution in [3.8, 4) is 0 Å². The molecule has 0 bridgehead atoms. The van der Waals surface area contributed by atoms with Crippen molar-refractivity contribution in [2.75, 3.05) is 0 Å². The van der Waals surface area contributed by atoms with Crippen molar-refractivity contribution >= 4 is 11.8 Å². The molecule has 2 aromatic carbocycles. The minimum Gasteiger partial charge on any atom is -0.478 e. The van der Waals surface area contributed by atoms with Crippen molar-refractivity contribution in [1.82, 2.24) is 0 Å². The zero-order valence-electron chi connectivity index (χ0n) is 9.26. The van der Waals surface area contributed by atoms with E-state index in [1.165, 1.54) is 0 Å². The summed E-state index contributed by atoms with van der Waals surface area (Å²) in [5, 5.41) is 8.98. The second-order valence-corrected chi connectivity index (χ2v) is 3.69. The number of ketones is 1. The molecule has 0 aliphatic carbocycles. The molecule has 3 nitrogen and oxygen atoms in total.